The fraction of sp³-hybridized carbons (Fsp3) is 0.571. The first kappa shape index (κ1) is 8.04. The summed E-state index contributed by atoms with van der Waals surface area (Å²) >= 11 is 0. The normalized spacial score (nSPS) is 10.1. The molecule has 0 bridgehead atoms. The molecule has 4 heteroatoms. The van der Waals surface area contributed by atoms with Crippen LogP contribution in [0.15, 0.2) is 6.20 Å². The van der Waals surface area contributed by atoms with E-state index in [1.54, 1.807) is 0 Å². The van der Waals surface area contributed by atoms with Crippen LogP contribution in [0.3, 0.4) is 0 Å². The van der Waals surface area contributed by atoms with Gasteiger partial charge in [-0.3, -0.25) is 0 Å². The molecule has 0 aliphatic rings. The second kappa shape index (κ2) is 3.37. The van der Waals surface area contributed by atoms with Gasteiger partial charge in [-0.2, -0.15) is 9.49 Å². The molecule has 1 heterocycles. The average molecular weight is 158 g/mol. The van der Waals surface area contributed by atoms with E-state index in [0.29, 0.717) is 6.54 Å². The van der Waals surface area contributed by atoms with Crippen molar-refractivity contribution in [3.8, 4) is 5.88 Å². The van der Waals surface area contributed by atoms with Gasteiger partial charge in [0.15, 0.2) is 0 Å². The summed E-state index contributed by atoms with van der Waals surface area (Å²) in [5.74, 6) is -0.187. The monoisotopic (exact) mass is 158 g/mol. The fourth-order valence-corrected chi connectivity index (χ4v) is 0.925. The largest absolute Gasteiger partial charge is 0.479 e. The van der Waals surface area contributed by atoms with Crippen molar-refractivity contribution < 1.29 is 9.13 Å². The highest BCUT2D eigenvalue weighted by Gasteiger charge is 2.08. The second-order valence-electron chi connectivity index (χ2n) is 2.22. The Bertz CT molecular complexity index is 234. The van der Waals surface area contributed by atoms with Crippen LogP contribution in [0.5, 0.6) is 5.88 Å². The molecule has 0 fully saturated rings. The molecule has 11 heavy (non-hydrogen) atoms. The SMILES string of the molecule is CCCn1ncc(F)c1OC. The van der Waals surface area contributed by atoms with Gasteiger partial charge in [-0.1, -0.05) is 6.92 Å². The molecule has 1 aromatic rings. The van der Waals surface area contributed by atoms with E-state index >= 15 is 0 Å². The number of hydrogen-bond donors (Lipinski definition) is 0. The number of hydrogen-bond acceptors (Lipinski definition) is 2. The van der Waals surface area contributed by atoms with E-state index in [1.807, 2.05) is 6.92 Å². The van der Waals surface area contributed by atoms with Gasteiger partial charge in [-0.25, -0.2) is 4.68 Å². The molecule has 0 amide bonds. The zero-order valence-corrected chi connectivity index (χ0v) is 6.67. The standard InChI is InChI=1S/C7H11FN2O/c1-3-4-10-7(11-2)6(8)5-9-10/h5H,3-4H2,1-2H3. The van der Waals surface area contributed by atoms with E-state index in [4.69, 9.17) is 4.74 Å². The van der Waals surface area contributed by atoms with Crippen LogP contribution in [0.1, 0.15) is 13.3 Å². The smallest absolute Gasteiger partial charge is 0.248 e. The van der Waals surface area contributed by atoms with Crippen LogP contribution in [-0.4, -0.2) is 16.9 Å². The number of nitrogens with zero attached hydrogens (tertiary/aromatic N) is 2. The minimum absolute atomic E-state index is 0.215. The lowest BCUT2D eigenvalue weighted by molar-refractivity contribution is 0.339. The summed E-state index contributed by atoms with van der Waals surface area (Å²) in [5, 5.41) is 3.79. The summed E-state index contributed by atoms with van der Waals surface area (Å²) in [5.41, 5.74) is 0. The van der Waals surface area contributed by atoms with Crippen molar-refractivity contribution in [2.45, 2.75) is 19.9 Å². The molecule has 0 aromatic carbocycles. The molecule has 1 rings (SSSR count). The van der Waals surface area contributed by atoms with Crippen LogP contribution in [0.2, 0.25) is 0 Å². The lowest BCUT2D eigenvalue weighted by Crippen LogP contribution is -2.01. The Morgan fingerprint density at radius 2 is 2.45 bits per heavy atom. The summed E-state index contributed by atoms with van der Waals surface area (Å²) in [6, 6.07) is 0. The third-order valence-corrected chi connectivity index (χ3v) is 1.38. The highest BCUT2D eigenvalue weighted by molar-refractivity contribution is 5.10. The Morgan fingerprint density at radius 1 is 1.73 bits per heavy atom. The Labute approximate surface area is 64.8 Å². The predicted molar refractivity (Wildman–Crippen MR) is 39.0 cm³/mol. The molecule has 0 aliphatic heterocycles. The summed E-state index contributed by atoms with van der Waals surface area (Å²) in [7, 11) is 1.44. The summed E-state index contributed by atoms with van der Waals surface area (Å²) in [6.07, 6.45) is 2.08. The topological polar surface area (TPSA) is 27.1 Å². The molecule has 1 aromatic heterocycles. The summed E-state index contributed by atoms with van der Waals surface area (Å²) < 4.78 is 19.0. The third kappa shape index (κ3) is 1.50. The van der Waals surface area contributed by atoms with Crippen molar-refractivity contribution >= 4 is 0 Å². The second-order valence-corrected chi connectivity index (χ2v) is 2.22. The van der Waals surface area contributed by atoms with Gasteiger partial charge in [0.25, 0.3) is 0 Å². The van der Waals surface area contributed by atoms with Crippen LogP contribution >= 0.6 is 0 Å². The number of aryl methyl sites for hydroxylation is 1. The zero-order chi connectivity index (χ0) is 8.27. The maximum atomic E-state index is 12.7. The van der Waals surface area contributed by atoms with Gasteiger partial charge in [0.1, 0.15) is 0 Å². The maximum absolute atomic E-state index is 12.7. The van der Waals surface area contributed by atoms with Gasteiger partial charge in [0.2, 0.25) is 11.7 Å². The first-order valence-corrected chi connectivity index (χ1v) is 3.55. The zero-order valence-electron chi connectivity index (χ0n) is 6.67. The molecule has 0 atom stereocenters. The average Bonchev–Trinajstić information content (AvgIpc) is 2.33. The van der Waals surface area contributed by atoms with Crippen LogP contribution in [0.25, 0.3) is 0 Å². The molecule has 0 saturated heterocycles. The molecule has 62 valence electrons. The van der Waals surface area contributed by atoms with Crippen molar-refractivity contribution in [3.63, 3.8) is 0 Å². The molecule has 0 radical (unpaired) electrons. The van der Waals surface area contributed by atoms with Crippen molar-refractivity contribution in [2.75, 3.05) is 7.11 Å². The van der Waals surface area contributed by atoms with Gasteiger partial charge < -0.3 is 4.74 Å². The number of methoxy groups -OCH3 is 1. The van der Waals surface area contributed by atoms with Gasteiger partial charge in [0, 0.05) is 6.54 Å². The van der Waals surface area contributed by atoms with Crippen LogP contribution in [0.4, 0.5) is 4.39 Å². The molecule has 3 nitrogen and oxygen atoms in total. The van der Waals surface area contributed by atoms with Gasteiger partial charge in [-0.15, -0.1) is 0 Å². The van der Waals surface area contributed by atoms with Crippen LogP contribution in [0, 0.1) is 5.82 Å². The van der Waals surface area contributed by atoms with Gasteiger partial charge >= 0.3 is 0 Å². The fourth-order valence-electron chi connectivity index (χ4n) is 0.925. The molecule has 0 spiro atoms. The number of rotatable bonds is 3. The minimum atomic E-state index is -0.402. The predicted octanol–water partition coefficient (Wildman–Crippen LogP) is 1.44. The van der Waals surface area contributed by atoms with Crippen molar-refractivity contribution in [1.82, 2.24) is 9.78 Å². The minimum Gasteiger partial charge on any atom is -0.479 e. The molecular weight excluding hydrogens is 147 g/mol. The molecular formula is C7H11FN2O. The summed E-state index contributed by atoms with van der Waals surface area (Å²) in [6.45, 7) is 2.69. The number of halogens is 1. The first-order chi connectivity index (χ1) is 5.29. The first-order valence-electron chi connectivity index (χ1n) is 3.55. The van der Waals surface area contributed by atoms with Crippen LogP contribution < -0.4 is 4.74 Å². The quantitative estimate of drug-likeness (QED) is 0.665. The molecule has 0 unspecified atom stereocenters. The van der Waals surface area contributed by atoms with E-state index in [-0.39, 0.29) is 5.88 Å². The highest BCUT2D eigenvalue weighted by Crippen LogP contribution is 2.14. The van der Waals surface area contributed by atoms with Gasteiger partial charge in [0.05, 0.1) is 13.3 Å². The lowest BCUT2D eigenvalue weighted by Gasteiger charge is -2.02. The maximum Gasteiger partial charge on any atom is 0.248 e. The van der Waals surface area contributed by atoms with E-state index in [1.165, 1.54) is 11.8 Å². The van der Waals surface area contributed by atoms with E-state index in [2.05, 4.69) is 5.10 Å². The number of ether oxygens (including phenoxy) is 1. The number of aromatic nitrogens is 2. The molecule has 0 aliphatic carbocycles. The Balaban J connectivity index is 2.86. The van der Waals surface area contributed by atoms with E-state index in [0.717, 1.165) is 12.6 Å². The van der Waals surface area contributed by atoms with E-state index in [9.17, 15) is 4.39 Å². The van der Waals surface area contributed by atoms with Crippen molar-refractivity contribution in [3.05, 3.63) is 12.0 Å². The Morgan fingerprint density at radius 3 is 3.00 bits per heavy atom. The van der Waals surface area contributed by atoms with Crippen molar-refractivity contribution in [1.29, 1.82) is 0 Å². The van der Waals surface area contributed by atoms with Crippen molar-refractivity contribution in [2.24, 2.45) is 0 Å². The third-order valence-electron chi connectivity index (χ3n) is 1.38. The molecule has 0 N–H and O–H groups in total. The van der Waals surface area contributed by atoms with Gasteiger partial charge in [-0.05, 0) is 6.42 Å². The Hall–Kier alpha value is -1.06. The van der Waals surface area contributed by atoms with E-state index < -0.39 is 5.82 Å². The molecule has 0 saturated carbocycles. The Kier molecular flexibility index (Phi) is 2.46. The lowest BCUT2D eigenvalue weighted by atomic mass is 10.5. The summed E-state index contributed by atoms with van der Waals surface area (Å²) in [4.78, 5) is 0. The van der Waals surface area contributed by atoms with Crippen LogP contribution in [-0.2, 0) is 6.54 Å². The highest BCUT2D eigenvalue weighted by atomic mass is 19.1.